The lowest BCUT2D eigenvalue weighted by Gasteiger charge is -2.14. The summed E-state index contributed by atoms with van der Waals surface area (Å²) >= 11 is 1.74. The molecule has 63 heavy (non-hydrogen) atoms. The number of hydrogen-bond acceptors (Lipinski definition) is 5. The Morgan fingerprint density at radius 3 is 1.87 bits per heavy atom. The fourth-order valence-corrected chi connectivity index (χ4v) is 10.1. The molecule has 9 aromatic carbocycles. The lowest BCUT2D eigenvalue weighted by Crippen LogP contribution is -2.03. The predicted molar refractivity (Wildman–Crippen MR) is 262 cm³/mol. The molecule has 4 aromatic heterocycles. The maximum Gasteiger partial charge on any atom is 0.166 e. The van der Waals surface area contributed by atoms with Crippen LogP contribution in [0.5, 0.6) is 0 Å². The number of hydrogen-bond donors (Lipinski definition) is 0. The summed E-state index contributed by atoms with van der Waals surface area (Å²) in [5, 5.41) is 4.43. The molecule has 0 atom stereocenters. The van der Waals surface area contributed by atoms with E-state index in [-0.39, 0.29) is 27.6 Å². The summed E-state index contributed by atoms with van der Waals surface area (Å²) in [5.41, 5.74) is 8.10. The van der Waals surface area contributed by atoms with E-state index in [1.807, 2.05) is 60.7 Å². The summed E-state index contributed by atoms with van der Waals surface area (Å²) in [7, 11) is 0. The first-order valence-corrected chi connectivity index (χ1v) is 21.3. The molecule has 0 bridgehead atoms. The number of rotatable bonds is 6. The molecule has 13 rings (SSSR count). The minimum atomic E-state index is -0.509. The Kier molecular flexibility index (Phi) is 6.39. The van der Waals surface area contributed by atoms with Crippen LogP contribution in [0.2, 0.25) is 0 Å². The van der Waals surface area contributed by atoms with Gasteiger partial charge in [0.25, 0.3) is 0 Å². The molecule has 0 unspecified atom stereocenters. The highest BCUT2D eigenvalue weighted by Crippen LogP contribution is 2.44. The summed E-state index contributed by atoms with van der Waals surface area (Å²) in [4.78, 5) is 15.2. The topological polar surface area (TPSA) is 56.7 Å². The van der Waals surface area contributed by atoms with Gasteiger partial charge in [0.1, 0.15) is 11.2 Å². The van der Waals surface area contributed by atoms with Gasteiger partial charge in [0, 0.05) is 64.0 Å². The van der Waals surface area contributed by atoms with Gasteiger partial charge in [0.15, 0.2) is 17.5 Å². The van der Waals surface area contributed by atoms with E-state index in [4.69, 9.17) is 30.3 Å². The molecule has 0 amide bonds. The Morgan fingerprint density at radius 2 is 1.03 bits per heavy atom. The number of aromatic nitrogens is 4. The molecule has 4 heterocycles. The van der Waals surface area contributed by atoms with Crippen LogP contribution in [0.15, 0.2) is 210 Å². The van der Waals surface area contributed by atoms with Gasteiger partial charge >= 0.3 is 0 Å². The molecule has 0 aliphatic rings. The zero-order valence-corrected chi connectivity index (χ0v) is 33.9. The van der Waals surface area contributed by atoms with Gasteiger partial charge < -0.3 is 8.98 Å². The molecule has 13 aromatic rings. The van der Waals surface area contributed by atoms with Crippen LogP contribution in [0, 0.1) is 0 Å². The van der Waals surface area contributed by atoms with Crippen LogP contribution in [0.25, 0.3) is 126 Å². The van der Waals surface area contributed by atoms with E-state index in [9.17, 15) is 0 Å². The highest BCUT2D eigenvalue weighted by atomic mass is 32.1. The summed E-state index contributed by atoms with van der Waals surface area (Å²) in [5.74, 6) is 1.01. The summed E-state index contributed by atoms with van der Waals surface area (Å²) < 4.78 is 80.9. The van der Waals surface area contributed by atoms with Gasteiger partial charge in [-0.15, -0.1) is 11.3 Å². The van der Waals surface area contributed by atoms with Crippen molar-refractivity contribution in [2.24, 2.45) is 0 Å². The van der Waals surface area contributed by atoms with Crippen LogP contribution >= 0.6 is 11.3 Å². The van der Waals surface area contributed by atoms with E-state index in [0.29, 0.717) is 22.9 Å². The van der Waals surface area contributed by atoms with Crippen LogP contribution < -0.4 is 0 Å². The van der Waals surface area contributed by atoms with Crippen LogP contribution in [0.3, 0.4) is 0 Å². The van der Waals surface area contributed by atoms with E-state index in [1.54, 1.807) is 35.6 Å². The first kappa shape index (κ1) is 28.4. The largest absolute Gasteiger partial charge is 0.455 e. The molecule has 5 nitrogen and oxygen atoms in total. The Morgan fingerprint density at radius 1 is 0.429 bits per heavy atom. The van der Waals surface area contributed by atoms with E-state index < -0.39 is 48.3 Å². The minimum absolute atomic E-state index is 0.00548. The van der Waals surface area contributed by atoms with Crippen LogP contribution in [0.1, 0.15) is 11.0 Å². The molecular weight excluding hydrogens is 789 g/mol. The van der Waals surface area contributed by atoms with E-state index in [2.05, 4.69) is 72.8 Å². The number of furan rings is 1. The summed E-state index contributed by atoms with van der Waals surface area (Å²) in [6, 6.07) is 48.5. The monoisotopic (exact) mass is 830 g/mol. The molecule has 6 heteroatoms. The van der Waals surface area contributed by atoms with Crippen molar-refractivity contribution >= 4 is 75.3 Å². The predicted octanol–water partition coefficient (Wildman–Crippen LogP) is 15.6. The van der Waals surface area contributed by atoms with Gasteiger partial charge in [-0.25, -0.2) is 15.0 Å². The molecule has 0 saturated heterocycles. The second kappa shape index (κ2) is 14.2. The molecule has 294 valence electrons. The second-order valence-electron chi connectivity index (χ2n) is 15.3. The fourth-order valence-electron chi connectivity index (χ4n) is 8.85. The van der Waals surface area contributed by atoms with E-state index in [1.165, 1.54) is 4.57 Å². The SMILES string of the molecule is [2H]c1c([2H])c([2H])c2c(c1[2H])c1c([2H])c([2H])c([2H])c([2H])c1n2-c1ccccc1-c1nc(-c2ccccc2)nc(-c2cccc(-c3cccc4c3sc3ccc(-c5cccc6c5oc5ccccc56)cc34)c2)n1. The Bertz CT molecular complexity index is 4340. The van der Waals surface area contributed by atoms with Crippen LogP contribution in [-0.2, 0) is 0 Å². The first-order chi connectivity index (χ1) is 34.5. The zero-order chi connectivity index (χ0) is 48.4. The summed E-state index contributed by atoms with van der Waals surface area (Å²) in [6.45, 7) is 0. The van der Waals surface area contributed by atoms with Crippen molar-refractivity contribution in [2.75, 3.05) is 0 Å². The molecule has 0 N–H and O–H groups in total. The number of fused-ring (bicyclic) bond motifs is 9. The lowest BCUT2D eigenvalue weighted by atomic mass is 9.98. The Labute approximate surface area is 377 Å². The average Bonchev–Trinajstić information content (AvgIpc) is 4.11. The van der Waals surface area contributed by atoms with Crippen molar-refractivity contribution in [3.05, 3.63) is 206 Å². The van der Waals surface area contributed by atoms with Crippen molar-refractivity contribution in [1.29, 1.82) is 0 Å². The molecule has 0 spiro atoms. The molecular formula is C57H34N4OS. The number of nitrogens with zero attached hydrogens (tertiary/aromatic N) is 4. The fraction of sp³-hybridized carbons (Fsp3) is 0. The van der Waals surface area contributed by atoms with E-state index >= 15 is 0 Å². The Hall–Kier alpha value is -8.19. The highest BCUT2D eigenvalue weighted by Gasteiger charge is 2.20. The van der Waals surface area contributed by atoms with E-state index in [0.717, 1.165) is 75.5 Å². The maximum absolute atomic E-state index is 9.15. The third kappa shape index (κ3) is 5.73. The van der Waals surface area contributed by atoms with Crippen LogP contribution in [-0.4, -0.2) is 19.5 Å². The molecule has 0 aliphatic heterocycles. The third-order valence-corrected chi connectivity index (χ3v) is 12.9. The van der Waals surface area contributed by atoms with Crippen molar-refractivity contribution in [1.82, 2.24) is 19.5 Å². The van der Waals surface area contributed by atoms with Gasteiger partial charge in [0.2, 0.25) is 0 Å². The number of para-hydroxylation sites is 5. The normalized spacial score (nSPS) is 13.6. The van der Waals surface area contributed by atoms with Crippen LogP contribution in [0.4, 0.5) is 0 Å². The second-order valence-corrected chi connectivity index (χ2v) is 16.4. The van der Waals surface area contributed by atoms with Gasteiger partial charge in [-0.05, 0) is 65.2 Å². The van der Waals surface area contributed by atoms with Crippen molar-refractivity contribution < 1.29 is 15.4 Å². The molecule has 0 saturated carbocycles. The molecule has 0 fully saturated rings. The Balaban J connectivity index is 0.979. The number of thiophene rings is 1. The molecule has 0 radical (unpaired) electrons. The van der Waals surface area contributed by atoms with Crippen molar-refractivity contribution in [3.8, 4) is 62.1 Å². The lowest BCUT2D eigenvalue weighted by molar-refractivity contribution is 0.670. The smallest absolute Gasteiger partial charge is 0.166 e. The van der Waals surface area contributed by atoms with Gasteiger partial charge in [-0.2, -0.15) is 0 Å². The van der Waals surface area contributed by atoms with Gasteiger partial charge in [-0.1, -0.05) is 158 Å². The maximum atomic E-state index is 9.15. The standard InChI is InChI=1S/C57H34N4OS/c1-2-15-35(16-3-1)55-58-56(60-57(59-55)46-22-6-10-29-50(46)61-48-27-8-4-19-41(48)42-20-5-9-28-49(42)61)38-18-12-17-36(33-38)40-24-14-26-45-47-34-37(31-32-52(47)63-54(40)45)39-23-13-25-44-43-21-7-11-30-51(43)62-53(39)44/h1-34H/i4D,5D,8D,9D,19D,20D,27D,28D. The molecule has 0 aliphatic carbocycles. The third-order valence-electron chi connectivity index (χ3n) is 11.7. The van der Waals surface area contributed by atoms with Crippen molar-refractivity contribution in [2.45, 2.75) is 0 Å². The number of benzene rings is 9. The van der Waals surface area contributed by atoms with Gasteiger partial charge in [-0.3, -0.25) is 0 Å². The summed E-state index contributed by atoms with van der Waals surface area (Å²) in [6.07, 6.45) is 0. The minimum Gasteiger partial charge on any atom is -0.455 e. The quantitative estimate of drug-likeness (QED) is 0.167. The van der Waals surface area contributed by atoms with Gasteiger partial charge in [0.05, 0.1) is 27.7 Å². The van der Waals surface area contributed by atoms with Crippen molar-refractivity contribution in [3.63, 3.8) is 0 Å². The highest BCUT2D eigenvalue weighted by molar-refractivity contribution is 7.26. The average molecular weight is 831 g/mol. The zero-order valence-electron chi connectivity index (χ0n) is 41.1. The first-order valence-electron chi connectivity index (χ1n) is 24.4.